The predicted octanol–water partition coefficient (Wildman–Crippen LogP) is 4.01. The van der Waals surface area contributed by atoms with Gasteiger partial charge in [0.2, 0.25) is 5.91 Å². The summed E-state index contributed by atoms with van der Waals surface area (Å²) in [6.45, 7) is 6.04. The van der Waals surface area contributed by atoms with Crippen molar-refractivity contribution >= 4 is 5.91 Å². The van der Waals surface area contributed by atoms with Crippen LogP contribution in [0.15, 0.2) is 36.4 Å². The van der Waals surface area contributed by atoms with Gasteiger partial charge in [0.05, 0.1) is 12.1 Å². The molecule has 0 fully saturated rings. The molecule has 0 aliphatic heterocycles. The molecule has 1 N–H and O–H groups in total. The third-order valence-electron chi connectivity index (χ3n) is 3.73. The fourth-order valence-corrected chi connectivity index (χ4v) is 2.58. The number of carbonyl (C=O) groups excluding carboxylic acids is 1. The normalized spacial score (nSPS) is 19.3. The van der Waals surface area contributed by atoms with E-state index < -0.39 is 0 Å². The molecule has 1 aliphatic rings. The van der Waals surface area contributed by atoms with E-state index in [4.69, 9.17) is 4.74 Å². The van der Waals surface area contributed by atoms with E-state index in [2.05, 4.69) is 17.5 Å². The quantitative estimate of drug-likeness (QED) is 0.831. The van der Waals surface area contributed by atoms with Crippen molar-refractivity contribution in [2.24, 2.45) is 5.92 Å². The maximum absolute atomic E-state index is 12.3. The van der Waals surface area contributed by atoms with Crippen LogP contribution in [0.2, 0.25) is 0 Å². The lowest BCUT2D eigenvalue weighted by Gasteiger charge is -2.21. The SMILES string of the molecule is CC(C)Oc1cccc(C(C)NC(=O)C2CC=CCC2)c1. The molecule has 2 atom stereocenters. The van der Waals surface area contributed by atoms with Gasteiger partial charge in [0.1, 0.15) is 5.75 Å². The van der Waals surface area contributed by atoms with Gasteiger partial charge < -0.3 is 10.1 Å². The molecule has 2 unspecified atom stereocenters. The summed E-state index contributed by atoms with van der Waals surface area (Å²) >= 11 is 0. The largest absolute Gasteiger partial charge is 0.491 e. The molecule has 0 radical (unpaired) electrons. The Kier molecular flexibility index (Phi) is 5.43. The zero-order chi connectivity index (χ0) is 15.2. The van der Waals surface area contributed by atoms with Gasteiger partial charge in [0.25, 0.3) is 0 Å². The summed E-state index contributed by atoms with van der Waals surface area (Å²) in [6.07, 6.45) is 7.22. The summed E-state index contributed by atoms with van der Waals surface area (Å²) in [5, 5.41) is 3.12. The Balaban J connectivity index is 1.97. The van der Waals surface area contributed by atoms with Crippen molar-refractivity contribution in [1.82, 2.24) is 5.32 Å². The second-order valence-electron chi connectivity index (χ2n) is 5.95. The summed E-state index contributed by atoms with van der Waals surface area (Å²) in [7, 11) is 0. The van der Waals surface area contributed by atoms with Crippen molar-refractivity contribution in [3.05, 3.63) is 42.0 Å². The van der Waals surface area contributed by atoms with Gasteiger partial charge in [-0.3, -0.25) is 4.79 Å². The number of carbonyl (C=O) groups is 1. The average Bonchev–Trinajstić information content (AvgIpc) is 2.47. The molecule has 1 aromatic carbocycles. The molecule has 3 nitrogen and oxygen atoms in total. The molecule has 2 rings (SSSR count). The minimum absolute atomic E-state index is 0.000816. The van der Waals surface area contributed by atoms with Crippen molar-refractivity contribution < 1.29 is 9.53 Å². The minimum atomic E-state index is -0.000816. The van der Waals surface area contributed by atoms with Crippen LogP contribution in [0.3, 0.4) is 0 Å². The van der Waals surface area contributed by atoms with Gasteiger partial charge >= 0.3 is 0 Å². The second kappa shape index (κ2) is 7.30. The van der Waals surface area contributed by atoms with E-state index in [1.54, 1.807) is 0 Å². The van der Waals surface area contributed by atoms with Gasteiger partial charge in [-0.05, 0) is 57.7 Å². The molecule has 3 heteroatoms. The van der Waals surface area contributed by atoms with E-state index in [0.29, 0.717) is 0 Å². The van der Waals surface area contributed by atoms with E-state index in [0.717, 1.165) is 30.6 Å². The Morgan fingerprint density at radius 1 is 1.29 bits per heavy atom. The first-order valence-corrected chi connectivity index (χ1v) is 7.78. The van der Waals surface area contributed by atoms with Crippen molar-refractivity contribution in [2.45, 2.75) is 52.2 Å². The minimum Gasteiger partial charge on any atom is -0.491 e. The van der Waals surface area contributed by atoms with Gasteiger partial charge in [-0.15, -0.1) is 0 Å². The van der Waals surface area contributed by atoms with Crippen LogP contribution in [0.1, 0.15) is 51.6 Å². The molecule has 0 saturated heterocycles. The van der Waals surface area contributed by atoms with E-state index in [9.17, 15) is 4.79 Å². The number of hydrogen-bond donors (Lipinski definition) is 1. The molecular weight excluding hydrogens is 262 g/mol. The molecule has 114 valence electrons. The van der Waals surface area contributed by atoms with Gasteiger partial charge in [0, 0.05) is 5.92 Å². The Morgan fingerprint density at radius 3 is 2.76 bits per heavy atom. The summed E-state index contributed by atoms with van der Waals surface area (Å²) in [5.74, 6) is 1.12. The van der Waals surface area contributed by atoms with E-state index in [-0.39, 0.29) is 24.0 Å². The molecule has 0 heterocycles. The number of amides is 1. The molecule has 0 bridgehead atoms. The van der Waals surface area contributed by atoms with Crippen LogP contribution in [0.4, 0.5) is 0 Å². The number of hydrogen-bond acceptors (Lipinski definition) is 2. The second-order valence-corrected chi connectivity index (χ2v) is 5.95. The van der Waals surface area contributed by atoms with Crippen LogP contribution in [-0.4, -0.2) is 12.0 Å². The van der Waals surface area contributed by atoms with Crippen LogP contribution >= 0.6 is 0 Å². The summed E-state index contributed by atoms with van der Waals surface area (Å²) in [5.41, 5.74) is 1.08. The van der Waals surface area contributed by atoms with Crippen LogP contribution in [0.5, 0.6) is 5.75 Å². The predicted molar refractivity (Wildman–Crippen MR) is 85.2 cm³/mol. The number of rotatable bonds is 5. The van der Waals surface area contributed by atoms with Crippen molar-refractivity contribution in [2.75, 3.05) is 0 Å². The average molecular weight is 287 g/mol. The van der Waals surface area contributed by atoms with Gasteiger partial charge in [-0.1, -0.05) is 24.3 Å². The third-order valence-corrected chi connectivity index (χ3v) is 3.73. The first kappa shape index (κ1) is 15.6. The summed E-state index contributed by atoms with van der Waals surface area (Å²) < 4.78 is 5.70. The third kappa shape index (κ3) is 4.62. The van der Waals surface area contributed by atoms with Crippen molar-refractivity contribution in [3.8, 4) is 5.75 Å². The zero-order valence-corrected chi connectivity index (χ0v) is 13.1. The van der Waals surface area contributed by atoms with E-state index in [1.165, 1.54) is 0 Å². The van der Waals surface area contributed by atoms with Crippen LogP contribution in [0.25, 0.3) is 0 Å². The molecule has 1 aliphatic carbocycles. The van der Waals surface area contributed by atoms with Crippen LogP contribution in [0, 0.1) is 5.92 Å². The molecule has 21 heavy (non-hydrogen) atoms. The number of allylic oxidation sites excluding steroid dienone is 2. The first-order chi connectivity index (χ1) is 10.1. The molecule has 0 saturated carbocycles. The highest BCUT2D eigenvalue weighted by Gasteiger charge is 2.20. The lowest BCUT2D eigenvalue weighted by Crippen LogP contribution is -2.33. The van der Waals surface area contributed by atoms with Gasteiger partial charge in [-0.25, -0.2) is 0 Å². The molecule has 0 aromatic heterocycles. The Bertz CT molecular complexity index is 508. The number of ether oxygens (including phenoxy) is 1. The standard InChI is InChI=1S/C18H25NO2/c1-13(2)21-17-11-7-10-16(12-17)14(3)19-18(20)15-8-5-4-6-9-15/h4-5,7,10-15H,6,8-9H2,1-3H3,(H,19,20). The molecule has 0 spiro atoms. The fraction of sp³-hybridized carbons (Fsp3) is 0.500. The Morgan fingerprint density at radius 2 is 2.10 bits per heavy atom. The first-order valence-electron chi connectivity index (χ1n) is 7.78. The van der Waals surface area contributed by atoms with Crippen LogP contribution < -0.4 is 10.1 Å². The lowest BCUT2D eigenvalue weighted by atomic mass is 9.93. The lowest BCUT2D eigenvalue weighted by molar-refractivity contribution is -0.125. The van der Waals surface area contributed by atoms with Crippen molar-refractivity contribution in [3.63, 3.8) is 0 Å². The van der Waals surface area contributed by atoms with E-state index in [1.807, 2.05) is 45.0 Å². The fourth-order valence-electron chi connectivity index (χ4n) is 2.58. The maximum atomic E-state index is 12.3. The summed E-state index contributed by atoms with van der Waals surface area (Å²) in [4.78, 5) is 12.3. The molecule has 1 aromatic rings. The van der Waals surface area contributed by atoms with Gasteiger partial charge in [0.15, 0.2) is 0 Å². The summed E-state index contributed by atoms with van der Waals surface area (Å²) in [6, 6.07) is 7.95. The Hall–Kier alpha value is -1.77. The van der Waals surface area contributed by atoms with E-state index >= 15 is 0 Å². The maximum Gasteiger partial charge on any atom is 0.223 e. The highest BCUT2D eigenvalue weighted by atomic mass is 16.5. The monoisotopic (exact) mass is 287 g/mol. The topological polar surface area (TPSA) is 38.3 Å². The van der Waals surface area contributed by atoms with Gasteiger partial charge in [-0.2, -0.15) is 0 Å². The highest BCUT2D eigenvalue weighted by Crippen LogP contribution is 2.22. The zero-order valence-electron chi connectivity index (χ0n) is 13.1. The number of benzene rings is 1. The van der Waals surface area contributed by atoms with Crippen LogP contribution in [-0.2, 0) is 4.79 Å². The molecule has 1 amide bonds. The smallest absolute Gasteiger partial charge is 0.223 e. The highest BCUT2D eigenvalue weighted by molar-refractivity contribution is 5.79. The molecular formula is C18H25NO2. The van der Waals surface area contributed by atoms with Crippen molar-refractivity contribution in [1.29, 1.82) is 0 Å². The Labute approximate surface area is 127 Å². The number of nitrogens with one attached hydrogen (secondary N) is 1.